The molecule has 4 heterocycles. The number of fused-ring (bicyclic) bond motifs is 1. The summed E-state index contributed by atoms with van der Waals surface area (Å²) in [6.45, 7) is 2.20. The Morgan fingerprint density at radius 3 is 2.41 bits per heavy atom. The molecule has 206 valence electrons. The summed E-state index contributed by atoms with van der Waals surface area (Å²) in [4.78, 5) is 44.7. The number of aromatic nitrogens is 1. The van der Waals surface area contributed by atoms with Crippen molar-refractivity contribution >= 4 is 23.5 Å². The van der Waals surface area contributed by atoms with E-state index in [1.165, 1.54) is 17.0 Å². The highest BCUT2D eigenvalue weighted by molar-refractivity contribution is 6.05. The van der Waals surface area contributed by atoms with Crippen LogP contribution in [-0.4, -0.2) is 57.6 Å². The number of hydrogen-bond acceptors (Lipinski definition) is 6. The lowest BCUT2D eigenvalue weighted by Crippen LogP contribution is -2.52. The third-order valence-electron chi connectivity index (χ3n) is 8.75. The summed E-state index contributed by atoms with van der Waals surface area (Å²) in [5.41, 5.74) is 8.00. The van der Waals surface area contributed by atoms with Crippen LogP contribution in [0.15, 0.2) is 24.3 Å². The molecule has 0 radical (unpaired) electrons. The van der Waals surface area contributed by atoms with E-state index in [1.54, 1.807) is 6.07 Å². The number of piperidine rings is 1. The van der Waals surface area contributed by atoms with Gasteiger partial charge in [0.25, 0.3) is 5.91 Å². The van der Waals surface area contributed by atoms with Crippen LogP contribution in [0.2, 0.25) is 0 Å². The van der Waals surface area contributed by atoms with Gasteiger partial charge in [-0.25, -0.2) is 18.2 Å². The molecular weight excluding hydrogens is 511 g/mol. The normalized spacial score (nSPS) is 24.0. The molecule has 11 heteroatoms. The van der Waals surface area contributed by atoms with Gasteiger partial charge in [0, 0.05) is 61.2 Å². The van der Waals surface area contributed by atoms with Crippen molar-refractivity contribution in [3.8, 4) is 11.3 Å². The van der Waals surface area contributed by atoms with Gasteiger partial charge in [-0.2, -0.15) is 0 Å². The first-order chi connectivity index (χ1) is 18.6. The fraction of sp³-hybridized carbons (Fsp3) is 0.500. The average Bonchev–Trinajstić information content (AvgIpc) is 3.20. The van der Waals surface area contributed by atoms with E-state index < -0.39 is 29.6 Å². The van der Waals surface area contributed by atoms with Crippen molar-refractivity contribution in [2.75, 3.05) is 18.8 Å². The number of alkyl halides is 2. The maximum absolute atomic E-state index is 15.6. The van der Waals surface area contributed by atoms with Gasteiger partial charge >= 0.3 is 0 Å². The minimum absolute atomic E-state index is 0.0190. The van der Waals surface area contributed by atoms with E-state index in [1.807, 2.05) is 6.07 Å². The zero-order chi connectivity index (χ0) is 27.5. The van der Waals surface area contributed by atoms with Crippen molar-refractivity contribution < 1.29 is 27.6 Å². The molecule has 0 spiro atoms. The van der Waals surface area contributed by atoms with Crippen LogP contribution in [-0.2, 0) is 22.7 Å². The first kappa shape index (κ1) is 25.8. The Bertz CT molecular complexity index is 1350. The zero-order valence-corrected chi connectivity index (χ0v) is 21.4. The number of anilines is 1. The SMILES string of the molecule is Nc1nc(-c2ccc3c(c2F)CN(C2CCC(=O)NC2=O)C3=O)ccc1CN1CC(C2CCC(F)(F)CC2)C1. The molecule has 1 atom stereocenters. The van der Waals surface area contributed by atoms with E-state index in [0.29, 0.717) is 36.9 Å². The summed E-state index contributed by atoms with van der Waals surface area (Å²) >= 11 is 0. The van der Waals surface area contributed by atoms with Gasteiger partial charge in [0.15, 0.2) is 0 Å². The lowest BCUT2D eigenvalue weighted by molar-refractivity contribution is -0.136. The number of pyridine rings is 1. The number of benzene rings is 1. The molecule has 1 aliphatic carbocycles. The van der Waals surface area contributed by atoms with Crippen molar-refractivity contribution in [1.29, 1.82) is 0 Å². The van der Waals surface area contributed by atoms with Crippen LogP contribution in [0.25, 0.3) is 11.3 Å². The molecular formula is C28H30F3N5O3. The number of nitrogens with zero attached hydrogens (tertiary/aromatic N) is 3. The monoisotopic (exact) mass is 541 g/mol. The number of carbonyl (C=O) groups excluding carboxylic acids is 3. The summed E-state index contributed by atoms with van der Waals surface area (Å²) in [7, 11) is 0. The number of nitrogens with one attached hydrogen (secondary N) is 1. The minimum Gasteiger partial charge on any atom is -0.383 e. The maximum atomic E-state index is 15.6. The Labute approximate surface area is 223 Å². The lowest BCUT2D eigenvalue weighted by Gasteiger charge is -2.45. The lowest BCUT2D eigenvalue weighted by atomic mass is 9.75. The number of halogens is 3. The summed E-state index contributed by atoms with van der Waals surface area (Å²) in [5, 5.41) is 2.24. The van der Waals surface area contributed by atoms with Gasteiger partial charge in [0.2, 0.25) is 17.7 Å². The minimum atomic E-state index is -2.51. The Balaban J connectivity index is 1.12. The topological polar surface area (TPSA) is 109 Å². The van der Waals surface area contributed by atoms with Gasteiger partial charge in [0.1, 0.15) is 17.7 Å². The third kappa shape index (κ3) is 4.77. The van der Waals surface area contributed by atoms with Crippen LogP contribution in [0.3, 0.4) is 0 Å². The molecule has 2 saturated heterocycles. The molecule has 3 fully saturated rings. The van der Waals surface area contributed by atoms with Crippen LogP contribution in [0.4, 0.5) is 19.0 Å². The van der Waals surface area contributed by atoms with E-state index in [9.17, 15) is 23.2 Å². The quantitative estimate of drug-likeness (QED) is 0.561. The van der Waals surface area contributed by atoms with Gasteiger partial charge in [-0.1, -0.05) is 6.07 Å². The van der Waals surface area contributed by atoms with Crippen LogP contribution >= 0.6 is 0 Å². The molecule has 1 aromatic heterocycles. The number of carbonyl (C=O) groups is 3. The van der Waals surface area contributed by atoms with E-state index in [-0.39, 0.29) is 60.6 Å². The van der Waals surface area contributed by atoms with Crippen LogP contribution in [0, 0.1) is 17.7 Å². The molecule has 3 N–H and O–H groups in total. The van der Waals surface area contributed by atoms with Crippen LogP contribution < -0.4 is 11.1 Å². The van der Waals surface area contributed by atoms with Gasteiger partial charge in [-0.15, -0.1) is 0 Å². The highest BCUT2D eigenvalue weighted by Crippen LogP contribution is 2.42. The molecule has 1 saturated carbocycles. The van der Waals surface area contributed by atoms with Crippen LogP contribution in [0.1, 0.15) is 60.0 Å². The molecule has 1 unspecified atom stereocenters. The number of nitrogen functional groups attached to an aromatic ring is 1. The van der Waals surface area contributed by atoms with Gasteiger partial charge < -0.3 is 10.6 Å². The molecule has 1 aromatic carbocycles. The van der Waals surface area contributed by atoms with Gasteiger partial charge in [0.05, 0.1) is 12.2 Å². The maximum Gasteiger partial charge on any atom is 0.255 e. The van der Waals surface area contributed by atoms with E-state index in [0.717, 1.165) is 18.7 Å². The first-order valence-electron chi connectivity index (χ1n) is 13.4. The van der Waals surface area contributed by atoms with Crippen LogP contribution in [0.5, 0.6) is 0 Å². The smallest absolute Gasteiger partial charge is 0.255 e. The Kier molecular flexibility index (Phi) is 6.36. The number of rotatable bonds is 5. The highest BCUT2D eigenvalue weighted by atomic mass is 19.3. The Morgan fingerprint density at radius 1 is 1.00 bits per heavy atom. The second-order valence-corrected chi connectivity index (χ2v) is 11.2. The number of imide groups is 1. The molecule has 8 nitrogen and oxygen atoms in total. The standard InChI is InChI=1S/C28H30F3N5O3/c29-24-19(3-2-18-20(24)14-36(27(18)39)22-5-6-23(37)34-26(22)38)21-4-1-16(25(32)33-21)11-35-12-17(13-35)15-7-9-28(30,31)10-8-15/h1-4,15,17,22H,5-14H2,(H2,32,33)(H,34,37,38). The second-order valence-electron chi connectivity index (χ2n) is 11.2. The van der Waals surface area contributed by atoms with E-state index in [2.05, 4.69) is 15.2 Å². The summed E-state index contributed by atoms with van der Waals surface area (Å²) in [6, 6.07) is 5.73. The Morgan fingerprint density at radius 2 is 1.72 bits per heavy atom. The van der Waals surface area contributed by atoms with Crippen molar-refractivity contribution in [2.24, 2.45) is 11.8 Å². The third-order valence-corrected chi connectivity index (χ3v) is 8.75. The van der Waals surface area contributed by atoms with Gasteiger partial charge in [-0.05, 0) is 49.3 Å². The van der Waals surface area contributed by atoms with Crippen molar-refractivity contribution in [2.45, 2.75) is 63.6 Å². The largest absolute Gasteiger partial charge is 0.383 e. The summed E-state index contributed by atoms with van der Waals surface area (Å²) in [6.07, 6.45) is 1.44. The van der Waals surface area contributed by atoms with Crippen molar-refractivity contribution in [3.05, 3.63) is 46.8 Å². The fourth-order valence-electron chi connectivity index (χ4n) is 6.40. The zero-order valence-electron chi connectivity index (χ0n) is 21.4. The highest BCUT2D eigenvalue weighted by Gasteiger charge is 2.42. The Hall–Kier alpha value is -3.47. The van der Waals surface area contributed by atoms with Gasteiger partial charge in [-0.3, -0.25) is 24.6 Å². The predicted molar refractivity (Wildman–Crippen MR) is 136 cm³/mol. The number of hydrogen-bond donors (Lipinski definition) is 2. The van der Waals surface area contributed by atoms with E-state index in [4.69, 9.17) is 5.73 Å². The molecule has 2 aromatic rings. The average molecular weight is 542 g/mol. The number of nitrogens with two attached hydrogens (primary N) is 1. The fourth-order valence-corrected chi connectivity index (χ4v) is 6.40. The molecule has 6 rings (SSSR count). The molecule has 39 heavy (non-hydrogen) atoms. The second kappa shape index (κ2) is 9.62. The first-order valence-corrected chi connectivity index (χ1v) is 13.4. The number of likely N-dealkylation sites (tertiary alicyclic amines) is 1. The molecule has 3 amide bonds. The summed E-state index contributed by atoms with van der Waals surface area (Å²) in [5.74, 6) is -3.41. The molecule has 3 aliphatic heterocycles. The molecule has 0 bridgehead atoms. The van der Waals surface area contributed by atoms with Crippen molar-refractivity contribution in [1.82, 2.24) is 20.1 Å². The van der Waals surface area contributed by atoms with E-state index >= 15 is 4.39 Å². The number of amides is 3. The summed E-state index contributed by atoms with van der Waals surface area (Å²) < 4.78 is 42.6. The molecule has 4 aliphatic rings. The van der Waals surface area contributed by atoms with Crippen molar-refractivity contribution in [3.63, 3.8) is 0 Å². The predicted octanol–water partition coefficient (Wildman–Crippen LogP) is 3.49.